The molecule has 0 rings (SSSR count). The number of allylic oxidation sites excluding steroid dienone is 4. The van der Waals surface area contributed by atoms with E-state index in [9.17, 15) is 4.79 Å². The fourth-order valence-electron chi connectivity index (χ4n) is 2.93. The quantitative estimate of drug-likeness (QED) is 0.165. The van der Waals surface area contributed by atoms with Crippen molar-refractivity contribution in [1.82, 2.24) is 0 Å². The minimum Gasteiger partial charge on any atom is -0.469 e. The molecule has 0 N–H and O–H groups in total. The molecule has 146 valence electrons. The predicted molar refractivity (Wildman–Crippen MR) is 110 cm³/mol. The number of rotatable bonds is 16. The average molecular weight is 351 g/mol. The molecule has 0 heterocycles. The molecule has 0 aliphatic rings. The molecular formula is C23H42O2. The minimum absolute atomic E-state index is 0.0879. The van der Waals surface area contributed by atoms with E-state index >= 15 is 0 Å². The number of hydrogen-bond donors (Lipinski definition) is 0. The van der Waals surface area contributed by atoms with Crippen molar-refractivity contribution in [2.45, 2.75) is 104 Å². The fourth-order valence-corrected chi connectivity index (χ4v) is 2.93. The number of carbonyl (C=O) groups excluding carboxylic acids is 1. The predicted octanol–water partition coefficient (Wildman–Crippen LogP) is 7.39. The lowest BCUT2D eigenvalue weighted by atomic mass is 9.87. The monoisotopic (exact) mass is 350 g/mol. The summed E-state index contributed by atoms with van der Waals surface area (Å²) in [6.07, 6.45) is 25.2. The number of hydrogen-bond acceptors (Lipinski definition) is 2. The zero-order chi connectivity index (χ0) is 18.8. The largest absolute Gasteiger partial charge is 0.469 e. The van der Waals surface area contributed by atoms with Crippen LogP contribution in [0.3, 0.4) is 0 Å². The number of carbonyl (C=O) groups is 1. The Hall–Kier alpha value is -1.05. The summed E-state index contributed by atoms with van der Waals surface area (Å²) in [5.41, 5.74) is -0.329. The number of unbranched alkanes of at least 4 members (excludes halogenated alkanes) is 9. The Morgan fingerprint density at radius 1 is 0.800 bits per heavy atom. The highest BCUT2D eigenvalue weighted by atomic mass is 16.5. The molecule has 0 aromatic carbocycles. The summed E-state index contributed by atoms with van der Waals surface area (Å²) in [6.45, 7) is 6.20. The van der Waals surface area contributed by atoms with E-state index in [4.69, 9.17) is 4.74 Å². The SMILES string of the molecule is CCCCCC=CCC=CCCCCCCCCC(C)(C)C(=O)OC. The van der Waals surface area contributed by atoms with Crippen molar-refractivity contribution in [3.8, 4) is 0 Å². The Balaban J connectivity index is 3.39. The lowest BCUT2D eigenvalue weighted by Crippen LogP contribution is -2.25. The molecular weight excluding hydrogens is 308 g/mol. The molecule has 25 heavy (non-hydrogen) atoms. The number of esters is 1. The van der Waals surface area contributed by atoms with E-state index in [2.05, 4.69) is 31.2 Å². The first-order valence-electron chi connectivity index (χ1n) is 10.4. The van der Waals surface area contributed by atoms with Crippen molar-refractivity contribution in [3.63, 3.8) is 0 Å². The highest BCUT2D eigenvalue weighted by Crippen LogP contribution is 2.25. The van der Waals surface area contributed by atoms with Crippen molar-refractivity contribution in [1.29, 1.82) is 0 Å². The molecule has 0 unspecified atom stereocenters. The van der Waals surface area contributed by atoms with Gasteiger partial charge in [-0.25, -0.2) is 0 Å². The molecule has 0 aliphatic carbocycles. The van der Waals surface area contributed by atoms with Gasteiger partial charge in [0.05, 0.1) is 12.5 Å². The molecule has 2 heteroatoms. The third-order valence-electron chi connectivity index (χ3n) is 4.74. The van der Waals surface area contributed by atoms with Crippen molar-refractivity contribution in [2.24, 2.45) is 5.41 Å². The van der Waals surface area contributed by atoms with Crippen LogP contribution in [0.1, 0.15) is 104 Å². The standard InChI is InChI=1S/C23H42O2/c1-5-6-7-8-9-10-11-12-13-14-15-16-17-18-19-20-21-23(2,3)22(24)25-4/h9-10,12-13H,5-8,11,14-21H2,1-4H3. The van der Waals surface area contributed by atoms with Gasteiger partial charge in [0.25, 0.3) is 0 Å². The molecule has 0 bridgehead atoms. The van der Waals surface area contributed by atoms with Gasteiger partial charge in [0.15, 0.2) is 0 Å². The van der Waals surface area contributed by atoms with E-state index in [1.54, 1.807) is 0 Å². The van der Waals surface area contributed by atoms with Gasteiger partial charge >= 0.3 is 5.97 Å². The average Bonchev–Trinajstić information content (AvgIpc) is 2.60. The van der Waals surface area contributed by atoms with Crippen LogP contribution in [0.2, 0.25) is 0 Å². The maximum Gasteiger partial charge on any atom is 0.311 e. The Labute approximate surface area is 157 Å². The van der Waals surface area contributed by atoms with Gasteiger partial charge < -0.3 is 4.74 Å². The van der Waals surface area contributed by atoms with E-state index < -0.39 is 0 Å². The summed E-state index contributed by atoms with van der Waals surface area (Å²) >= 11 is 0. The molecule has 0 aromatic rings. The smallest absolute Gasteiger partial charge is 0.311 e. The van der Waals surface area contributed by atoms with Crippen LogP contribution in [0.15, 0.2) is 24.3 Å². The summed E-state index contributed by atoms with van der Waals surface area (Å²) in [7, 11) is 1.47. The first-order valence-corrected chi connectivity index (χ1v) is 10.4. The molecule has 0 amide bonds. The van der Waals surface area contributed by atoms with Crippen LogP contribution < -0.4 is 0 Å². The van der Waals surface area contributed by atoms with Crippen LogP contribution >= 0.6 is 0 Å². The fraction of sp³-hybridized carbons (Fsp3) is 0.783. The molecule has 0 spiro atoms. The molecule has 0 radical (unpaired) electrons. The highest BCUT2D eigenvalue weighted by molar-refractivity contribution is 5.75. The Kier molecular flexibility index (Phi) is 15.7. The zero-order valence-corrected chi connectivity index (χ0v) is 17.3. The van der Waals surface area contributed by atoms with Crippen molar-refractivity contribution in [3.05, 3.63) is 24.3 Å². The van der Waals surface area contributed by atoms with Crippen molar-refractivity contribution < 1.29 is 9.53 Å². The van der Waals surface area contributed by atoms with Gasteiger partial charge in [0.1, 0.15) is 0 Å². The van der Waals surface area contributed by atoms with Crippen molar-refractivity contribution in [2.75, 3.05) is 7.11 Å². The third-order valence-corrected chi connectivity index (χ3v) is 4.74. The number of ether oxygens (including phenoxy) is 1. The normalized spacial score (nSPS) is 12.3. The van der Waals surface area contributed by atoms with E-state index in [0.717, 1.165) is 19.3 Å². The van der Waals surface area contributed by atoms with Gasteiger partial charge in [-0.05, 0) is 52.4 Å². The molecule has 0 aliphatic heterocycles. The van der Waals surface area contributed by atoms with Crippen molar-refractivity contribution >= 4 is 5.97 Å². The van der Waals surface area contributed by atoms with Gasteiger partial charge in [0, 0.05) is 0 Å². The first-order chi connectivity index (χ1) is 12.0. The maximum atomic E-state index is 11.6. The second-order valence-electron chi connectivity index (χ2n) is 7.71. The summed E-state index contributed by atoms with van der Waals surface area (Å²) < 4.78 is 4.84. The summed E-state index contributed by atoms with van der Waals surface area (Å²) in [5.74, 6) is -0.0879. The van der Waals surface area contributed by atoms with Crippen LogP contribution in [-0.4, -0.2) is 13.1 Å². The first kappa shape index (κ1) is 23.9. The summed E-state index contributed by atoms with van der Waals surface area (Å²) in [5, 5.41) is 0. The van der Waals surface area contributed by atoms with E-state index in [-0.39, 0.29) is 11.4 Å². The van der Waals surface area contributed by atoms with Crippen LogP contribution in [-0.2, 0) is 9.53 Å². The van der Waals surface area contributed by atoms with Gasteiger partial charge in [-0.3, -0.25) is 4.79 Å². The second-order valence-corrected chi connectivity index (χ2v) is 7.71. The number of methoxy groups -OCH3 is 1. The highest BCUT2D eigenvalue weighted by Gasteiger charge is 2.27. The summed E-state index contributed by atoms with van der Waals surface area (Å²) in [4.78, 5) is 11.6. The topological polar surface area (TPSA) is 26.3 Å². The summed E-state index contributed by atoms with van der Waals surface area (Å²) in [6, 6.07) is 0. The molecule has 0 fully saturated rings. The Morgan fingerprint density at radius 2 is 1.32 bits per heavy atom. The van der Waals surface area contributed by atoms with Gasteiger partial charge in [-0.1, -0.05) is 76.2 Å². The van der Waals surface area contributed by atoms with E-state index in [1.165, 1.54) is 71.3 Å². The van der Waals surface area contributed by atoms with Gasteiger partial charge in [-0.15, -0.1) is 0 Å². The van der Waals surface area contributed by atoms with Crippen LogP contribution in [0, 0.1) is 5.41 Å². The lowest BCUT2D eigenvalue weighted by molar-refractivity contribution is -0.151. The van der Waals surface area contributed by atoms with E-state index in [1.807, 2.05) is 13.8 Å². The Bertz CT molecular complexity index is 366. The van der Waals surface area contributed by atoms with Crippen LogP contribution in [0.5, 0.6) is 0 Å². The maximum absolute atomic E-state index is 11.6. The zero-order valence-electron chi connectivity index (χ0n) is 17.3. The van der Waals surface area contributed by atoms with Gasteiger partial charge in [-0.2, -0.15) is 0 Å². The van der Waals surface area contributed by atoms with Gasteiger partial charge in [0.2, 0.25) is 0 Å². The molecule has 0 aromatic heterocycles. The third kappa shape index (κ3) is 15.0. The Morgan fingerprint density at radius 3 is 1.88 bits per heavy atom. The van der Waals surface area contributed by atoms with Crippen LogP contribution in [0.25, 0.3) is 0 Å². The minimum atomic E-state index is -0.329. The lowest BCUT2D eigenvalue weighted by Gasteiger charge is -2.20. The van der Waals surface area contributed by atoms with Crippen LogP contribution in [0.4, 0.5) is 0 Å². The molecule has 0 saturated heterocycles. The van der Waals surface area contributed by atoms with E-state index in [0.29, 0.717) is 0 Å². The molecule has 0 saturated carbocycles. The molecule has 0 atom stereocenters. The second kappa shape index (κ2) is 16.4. The molecule has 2 nitrogen and oxygen atoms in total.